The Labute approximate surface area is 272 Å². The van der Waals surface area contributed by atoms with Gasteiger partial charge in [0.15, 0.2) is 0 Å². The number of rotatable bonds is 5. The summed E-state index contributed by atoms with van der Waals surface area (Å²) in [5.41, 5.74) is 8.41. The van der Waals surface area contributed by atoms with Gasteiger partial charge in [-0.3, -0.25) is 0 Å². The average Bonchev–Trinajstić information content (AvgIpc) is 3.52. The van der Waals surface area contributed by atoms with Gasteiger partial charge in [-0.05, 0) is 63.4 Å². The van der Waals surface area contributed by atoms with Crippen LogP contribution in [0.15, 0.2) is 176 Å². The van der Waals surface area contributed by atoms with Gasteiger partial charge in [0, 0.05) is 42.3 Å². The Hall–Kier alpha value is -5.70. The molecule has 0 unspecified atom stereocenters. The summed E-state index contributed by atoms with van der Waals surface area (Å²) in [6.07, 6.45) is 0. The number of hydrogen-bond donors (Lipinski definition) is 0. The van der Waals surface area contributed by atoms with Crippen molar-refractivity contribution in [3.8, 4) is 22.3 Å². The van der Waals surface area contributed by atoms with Crippen molar-refractivity contribution < 1.29 is 0 Å². The molecule has 9 rings (SSSR count). The second kappa shape index (κ2) is 11.0. The molecule has 0 aliphatic carbocycles. The lowest BCUT2D eigenvalue weighted by Crippen LogP contribution is -2.10. The van der Waals surface area contributed by atoms with Crippen LogP contribution in [-0.4, -0.2) is 0 Å². The summed E-state index contributed by atoms with van der Waals surface area (Å²) in [7, 11) is 0. The van der Waals surface area contributed by atoms with Gasteiger partial charge in [0.05, 0.1) is 5.69 Å². The predicted octanol–water partition coefficient (Wildman–Crippen LogP) is 13.2. The number of benzene rings is 8. The molecular weight excluding hydrogens is 575 g/mol. The summed E-state index contributed by atoms with van der Waals surface area (Å²) < 4.78 is 2.66. The lowest BCUT2D eigenvalue weighted by Gasteiger charge is -2.28. The quantitative estimate of drug-likeness (QED) is 0.189. The molecule has 0 bridgehead atoms. The SMILES string of the molecule is c1ccc(-c2ccc(N(c3ccc4ccccc4c3)c3cc4c5cccc(-c6ccccc6)c5sc4c4ccccc34)cc2)cc1. The fraction of sp³-hybridized carbons (Fsp3) is 0. The molecule has 0 saturated heterocycles. The van der Waals surface area contributed by atoms with Crippen LogP contribution in [0.5, 0.6) is 0 Å². The number of anilines is 3. The Balaban J connectivity index is 1.32. The highest BCUT2D eigenvalue weighted by molar-refractivity contribution is 7.27. The van der Waals surface area contributed by atoms with Gasteiger partial charge in [0.1, 0.15) is 0 Å². The molecule has 9 aromatic rings. The molecule has 8 aromatic carbocycles. The molecule has 0 radical (unpaired) electrons. The molecule has 0 saturated carbocycles. The van der Waals surface area contributed by atoms with Crippen LogP contribution < -0.4 is 4.90 Å². The first kappa shape index (κ1) is 26.7. The molecule has 1 nitrogen and oxygen atoms in total. The minimum absolute atomic E-state index is 1.13. The highest BCUT2D eigenvalue weighted by Gasteiger charge is 2.20. The van der Waals surface area contributed by atoms with Crippen molar-refractivity contribution in [3.63, 3.8) is 0 Å². The zero-order chi connectivity index (χ0) is 30.5. The van der Waals surface area contributed by atoms with E-state index in [0.29, 0.717) is 0 Å². The number of thiophene rings is 1. The summed E-state index contributed by atoms with van der Waals surface area (Å²) >= 11 is 1.91. The van der Waals surface area contributed by atoms with E-state index in [9.17, 15) is 0 Å². The van der Waals surface area contributed by atoms with E-state index in [0.717, 1.165) is 11.4 Å². The molecule has 0 aliphatic heterocycles. The van der Waals surface area contributed by atoms with Gasteiger partial charge >= 0.3 is 0 Å². The van der Waals surface area contributed by atoms with E-state index in [4.69, 9.17) is 0 Å². The van der Waals surface area contributed by atoms with Crippen LogP contribution in [0, 0.1) is 0 Å². The van der Waals surface area contributed by atoms with E-state index in [1.807, 2.05) is 11.3 Å². The monoisotopic (exact) mass is 603 g/mol. The van der Waals surface area contributed by atoms with E-state index in [-0.39, 0.29) is 0 Å². The molecule has 216 valence electrons. The van der Waals surface area contributed by atoms with Gasteiger partial charge in [-0.2, -0.15) is 0 Å². The number of fused-ring (bicyclic) bond motifs is 6. The van der Waals surface area contributed by atoms with Gasteiger partial charge in [-0.1, -0.05) is 146 Å². The first-order chi connectivity index (χ1) is 22.8. The lowest BCUT2D eigenvalue weighted by molar-refractivity contribution is 1.31. The smallest absolute Gasteiger partial charge is 0.0547 e. The Kier molecular flexibility index (Phi) is 6.40. The average molecular weight is 604 g/mol. The third-order valence-corrected chi connectivity index (χ3v) is 10.3. The number of hydrogen-bond acceptors (Lipinski definition) is 2. The molecule has 0 spiro atoms. The molecule has 0 aliphatic rings. The molecule has 0 N–H and O–H groups in total. The van der Waals surface area contributed by atoms with Crippen molar-refractivity contribution in [2.24, 2.45) is 0 Å². The predicted molar refractivity (Wildman–Crippen MR) is 200 cm³/mol. The van der Waals surface area contributed by atoms with E-state index < -0.39 is 0 Å². The van der Waals surface area contributed by atoms with E-state index in [2.05, 4.69) is 181 Å². The topological polar surface area (TPSA) is 3.24 Å². The third-order valence-electron chi connectivity index (χ3n) is 9.03. The summed E-state index contributed by atoms with van der Waals surface area (Å²) in [6, 6.07) is 63.8. The number of nitrogens with zero attached hydrogens (tertiary/aromatic N) is 1. The van der Waals surface area contributed by atoms with Crippen LogP contribution in [0.25, 0.3) is 64.0 Å². The van der Waals surface area contributed by atoms with E-state index in [1.54, 1.807) is 0 Å². The van der Waals surface area contributed by atoms with Gasteiger partial charge in [-0.25, -0.2) is 0 Å². The van der Waals surface area contributed by atoms with Crippen LogP contribution in [-0.2, 0) is 0 Å². The Morgan fingerprint density at radius 1 is 0.348 bits per heavy atom. The van der Waals surface area contributed by atoms with E-state index >= 15 is 0 Å². The van der Waals surface area contributed by atoms with Gasteiger partial charge in [-0.15, -0.1) is 11.3 Å². The highest BCUT2D eigenvalue weighted by atomic mass is 32.1. The van der Waals surface area contributed by atoms with Crippen LogP contribution in [0.3, 0.4) is 0 Å². The van der Waals surface area contributed by atoms with E-state index in [1.165, 1.54) is 69.7 Å². The minimum atomic E-state index is 1.13. The molecule has 0 atom stereocenters. The maximum atomic E-state index is 2.44. The molecule has 46 heavy (non-hydrogen) atoms. The normalized spacial score (nSPS) is 11.5. The highest BCUT2D eigenvalue weighted by Crippen LogP contribution is 2.48. The van der Waals surface area contributed by atoms with Gasteiger partial charge in [0.25, 0.3) is 0 Å². The summed E-state index contributed by atoms with van der Waals surface area (Å²) in [5.74, 6) is 0. The zero-order valence-corrected chi connectivity index (χ0v) is 25.9. The van der Waals surface area contributed by atoms with Gasteiger partial charge in [0.2, 0.25) is 0 Å². The van der Waals surface area contributed by atoms with Crippen LogP contribution in [0.2, 0.25) is 0 Å². The summed E-state index contributed by atoms with van der Waals surface area (Å²) in [5, 5.41) is 7.57. The Morgan fingerprint density at radius 2 is 0.935 bits per heavy atom. The van der Waals surface area contributed by atoms with Crippen molar-refractivity contribution >= 4 is 70.1 Å². The second-order valence-corrected chi connectivity index (χ2v) is 12.8. The van der Waals surface area contributed by atoms with Crippen molar-refractivity contribution in [1.82, 2.24) is 0 Å². The minimum Gasteiger partial charge on any atom is -0.310 e. The van der Waals surface area contributed by atoms with Crippen LogP contribution >= 0.6 is 11.3 Å². The third kappa shape index (κ3) is 4.46. The fourth-order valence-corrected chi connectivity index (χ4v) is 8.16. The standard InChI is InChI=1S/C44H29NS/c1-3-12-30(13-4-1)32-22-25-35(26-23-32)45(36-27-24-31-14-7-8-17-34(31)28-36)42-29-41-40-21-11-20-37(33-15-5-2-6-16-33)43(40)46-44(41)39-19-10-9-18-38(39)42/h1-29H. The van der Waals surface area contributed by atoms with Crippen LogP contribution in [0.4, 0.5) is 17.1 Å². The molecule has 2 heteroatoms. The first-order valence-electron chi connectivity index (χ1n) is 15.7. The van der Waals surface area contributed by atoms with Crippen molar-refractivity contribution in [1.29, 1.82) is 0 Å². The largest absolute Gasteiger partial charge is 0.310 e. The molecule has 0 amide bonds. The Morgan fingerprint density at radius 3 is 1.72 bits per heavy atom. The van der Waals surface area contributed by atoms with Crippen molar-refractivity contribution in [3.05, 3.63) is 176 Å². The molecule has 1 aromatic heterocycles. The molecular formula is C44H29NS. The molecule has 0 fully saturated rings. The summed E-state index contributed by atoms with van der Waals surface area (Å²) in [4.78, 5) is 2.44. The lowest BCUT2D eigenvalue weighted by atomic mass is 9.99. The van der Waals surface area contributed by atoms with Crippen LogP contribution in [0.1, 0.15) is 0 Å². The first-order valence-corrected chi connectivity index (χ1v) is 16.5. The second-order valence-electron chi connectivity index (χ2n) is 11.7. The molecule has 1 heterocycles. The fourth-order valence-electron chi connectivity index (χ4n) is 6.81. The van der Waals surface area contributed by atoms with Gasteiger partial charge < -0.3 is 4.90 Å². The van der Waals surface area contributed by atoms with Crippen molar-refractivity contribution in [2.75, 3.05) is 4.90 Å². The maximum Gasteiger partial charge on any atom is 0.0547 e. The maximum absolute atomic E-state index is 2.44. The van der Waals surface area contributed by atoms with Crippen molar-refractivity contribution in [2.45, 2.75) is 0 Å². The zero-order valence-electron chi connectivity index (χ0n) is 25.1. The Bertz CT molecular complexity index is 2510. The summed E-state index contributed by atoms with van der Waals surface area (Å²) in [6.45, 7) is 0.